The third-order valence-corrected chi connectivity index (χ3v) is 4.64. The van der Waals surface area contributed by atoms with E-state index in [4.69, 9.17) is 16.3 Å². The number of pyridine rings is 1. The molecule has 1 saturated heterocycles. The Hall–Kier alpha value is -2.02. The lowest BCUT2D eigenvalue weighted by Gasteiger charge is -2.33. The maximum Gasteiger partial charge on any atom is 0.137 e. The zero-order valence-electron chi connectivity index (χ0n) is 13.2. The Bertz CT molecular complexity index is 823. The highest BCUT2D eigenvalue weighted by Crippen LogP contribution is 2.26. The molecule has 1 atom stereocenters. The largest absolute Gasteiger partial charge is 0.374 e. The van der Waals surface area contributed by atoms with Gasteiger partial charge in [0, 0.05) is 41.8 Å². The van der Waals surface area contributed by atoms with Crippen LogP contribution in [0.1, 0.15) is 5.56 Å². The van der Waals surface area contributed by atoms with Crippen molar-refractivity contribution in [2.45, 2.75) is 19.2 Å². The Labute approximate surface area is 145 Å². The quantitative estimate of drug-likeness (QED) is 0.728. The van der Waals surface area contributed by atoms with Crippen molar-refractivity contribution in [1.82, 2.24) is 24.6 Å². The van der Waals surface area contributed by atoms with Gasteiger partial charge in [0.25, 0.3) is 0 Å². The summed E-state index contributed by atoms with van der Waals surface area (Å²) < 4.78 is 7.66. The number of ether oxygens (including phenoxy) is 1. The monoisotopic (exact) mass is 343 g/mol. The van der Waals surface area contributed by atoms with Gasteiger partial charge in [0.05, 0.1) is 24.8 Å². The van der Waals surface area contributed by atoms with Gasteiger partial charge in [-0.2, -0.15) is 5.10 Å². The molecule has 3 aromatic rings. The second-order valence-electron chi connectivity index (χ2n) is 5.95. The van der Waals surface area contributed by atoms with Gasteiger partial charge in [0.1, 0.15) is 12.7 Å². The number of hydrogen-bond acceptors (Lipinski definition) is 5. The zero-order valence-corrected chi connectivity index (χ0v) is 13.9. The molecule has 7 heteroatoms. The summed E-state index contributed by atoms with van der Waals surface area (Å²) in [6, 6.07) is 7.98. The summed E-state index contributed by atoms with van der Waals surface area (Å²) in [5, 5.41) is 6.03. The fourth-order valence-electron chi connectivity index (χ4n) is 3.13. The first-order valence-electron chi connectivity index (χ1n) is 7.98. The summed E-state index contributed by atoms with van der Waals surface area (Å²) in [5.41, 5.74) is 2.06. The summed E-state index contributed by atoms with van der Waals surface area (Å²) in [5.74, 6) is 0. The molecule has 0 saturated carbocycles. The molecule has 1 aliphatic heterocycles. The maximum atomic E-state index is 6.45. The summed E-state index contributed by atoms with van der Waals surface area (Å²) in [4.78, 5) is 10.9. The summed E-state index contributed by atoms with van der Waals surface area (Å²) in [7, 11) is 0. The molecule has 0 N–H and O–H groups in total. The van der Waals surface area contributed by atoms with Crippen LogP contribution in [0.25, 0.3) is 10.9 Å². The molecule has 0 aliphatic carbocycles. The van der Waals surface area contributed by atoms with Crippen LogP contribution in [-0.2, 0) is 17.8 Å². The Morgan fingerprint density at radius 2 is 2.25 bits per heavy atom. The smallest absolute Gasteiger partial charge is 0.137 e. The normalized spacial score (nSPS) is 19.0. The molecule has 2 aromatic heterocycles. The summed E-state index contributed by atoms with van der Waals surface area (Å²) in [6.07, 6.45) is 5.17. The van der Waals surface area contributed by atoms with Crippen molar-refractivity contribution in [1.29, 1.82) is 0 Å². The number of halogens is 1. The molecule has 0 unspecified atom stereocenters. The van der Waals surface area contributed by atoms with Gasteiger partial charge in [-0.1, -0.05) is 23.7 Å². The molecule has 3 heterocycles. The van der Waals surface area contributed by atoms with E-state index in [-0.39, 0.29) is 6.10 Å². The van der Waals surface area contributed by atoms with Gasteiger partial charge in [0.15, 0.2) is 0 Å². The van der Waals surface area contributed by atoms with E-state index in [9.17, 15) is 0 Å². The van der Waals surface area contributed by atoms with Crippen LogP contribution in [0.15, 0.2) is 43.1 Å². The molecule has 4 rings (SSSR count). The van der Waals surface area contributed by atoms with Crippen LogP contribution in [-0.4, -0.2) is 50.4 Å². The molecule has 1 aliphatic rings. The first-order chi connectivity index (χ1) is 11.8. The van der Waals surface area contributed by atoms with Crippen LogP contribution >= 0.6 is 11.6 Å². The summed E-state index contributed by atoms with van der Waals surface area (Å²) >= 11 is 6.45. The molecule has 1 aromatic carbocycles. The molecule has 0 amide bonds. The Morgan fingerprint density at radius 1 is 1.29 bits per heavy atom. The van der Waals surface area contributed by atoms with Crippen LogP contribution in [0.3, 0.4) is 0 Å². The third-order valence-electron chi connectivity index (χ3n) is 4.28. The van der Waals surface area contributed by atoms with E-state index in [1.54, 1.807) is 17.3 Å². The van der Waals surface area contributed by atoms with Crippen molar-refractivity contribution in [2.24, 2.45) is 0 Å². The lowest BCUT2D eigenvalue weighted by molar-refractivity contribution is -0.0401. The highest BCUT2D eigenvalue weighted by molar-refractivity contribution is 6.32. The van der Waals surface area contributed by atoms with Crippen molar-refractivity contribution >= 4 is 22.5 Å². The molecule has 0 radical (unpaired) electrons. The van der Waals surface area contributed by atoms with E-state index < -0.39 is 0 Å². The number of morpholine rings is 1. The van der Waals surface area contributed by atoms with E-state index in [1.807, 2.05) is 24.4 Å². The third kappa shape index (κ3) is 3.26. The predicted molar refractivity (Wildman–Crippen MR) is 91.8 cm³/mol. The lowest BCUT2D eigenvalue weighted by atomic mass is 10.1. The number of nitrogens with zero attached hydrogens (tertiary/aromatic N) is 5. The van der Waals surface area contributed by atoms with Gasteiger partial charge in [-0.05, 0) is 12.1 Å². The van der Waals surface area contributed by atoms with Crippen LogP contribution in [0.2, 0.25) is 5.02 Å². The summed E-state index contributed by atoms with van der Waals surface area (Å²) in [6.45, 7) is 3.89. The molecule has 24 heavy (non-hydrogen) atoms. The van der Waals surface area contributed by atoms with Gasteiger partial charge in [-0.3, -0.25) is 14.6 Å². The number of aromatic nitrogens is 4. The van der Waals surface area contributed by atoms with E-state index >= 15 is 0 Å². The Morgan fingerprint density at radius 3 is 3.12 bits per heavy atom. The maximum absolute atomic E-state index is 6.45. The SMILES string of the molecule is Clc1ccc2cccnc2c1CN1CCO[C@H](Cn2cncn2)C1. The van der Waals surface area contributed by atoms with Gasteiger partial charge in [-0.15, -0.1) is 0 Å². The Balaban J connectivity index is 1.52. The van der Waals surface area contributed by atoms with Gasteiger partial charge in [-0.25, -0.2) is 4.98 Å². The molecule has 1 fully saturated rings. The topological polar surface area (TPSA) is 56.1 Å². The van der Waals surface area contributed by atoms with Crippen LogP contribution in [0.4, 0.5) is 0 Å². The molecular weight excluding hydrogens is 326 g/mol. The second kappa shape index (κ2) is 6.84. The van der Waals surface area contributed by atoms with Crippen LogP contribution < -0.4 is 0 Å². The van der Waals surface area contributed by atoms with E-state index in [1.165, 1.54) is 0 Å². The van der Waals surface area contributed by atoms with Gasteiger partial charge >= 0.3 is 0 Å². The fourth-order valence-corrected chi connectivity index (χ4v) is 3.34. The number of benzene rings is 1. The van der Waals surface area contributed by atoms with Crippen LogP contribution in [0.5, 0.6) is 0 Å². The molecular formula is C17H18ClN5O. The standard InChI is InChI=1S/C17H18ClN5O/c18-16-4-3-13-2-1-5-20-17(13)15(16)10-22-6-7-24-14(8-22)9-23-12-19-11-21-23/h1-5,11-12,14H,6-10H2/t14-/m0/s1. The minimum Gasteiger partial charge on any atom is -0.374 e. The van der Waals surface area contributed by atoms with Crippen LogP contribution in [0, 0.1) is 0 Å². The molecule has 6 nitrogen and oxygen atoms in total. The average Bonchev–Trinajstić information content (AvgIpc) is 3.11. The first-order valence-corrected chi connectivity index (χ1v) is 8.36. The van der Waals surface area contributed by atoms with Crippen molar-refractivity contribution < 1.29 is 4.74 Å². The molecule has 0 spiro atoms. The lowest BCUT2D eigenvalue weighted by Crippen LogP contribution is -2.43. The minimum atomic E-state index is 0.0992. The Kier molecular flexibility index (Phi) is 4.42. The predicted octanol–water partition coefficient (Wildman–Crippen LogP) is 2.38. The molecule has 0 bridgehead atoms. The highest BCUT2D eigenvalue weighted by Gasteiger charge is 2.22. The van der Waals surface area contributed by atoms with Crippen molar-refractivity contribution in [3.63, 3.8) is 0 Å². The second-order valence-corrected chi connectivity index (χ2v) is 6.35. The fraction of sp³-hybridized carbons (Fsp3) is 0.353. The number of rotatable bonds is 4. The van der Waals surface area contributed by atoms with Gasteiger partial charge in [0.2, 0.25) is 0 Å². The van der Waals surface area contributed by atoms with Crippen molar-refractivity contribution in [2.75, 3.05) is 19.7 Å². The number of hydrogen-bond donors (Lipinski definition) is 0. The average molecular weight is 344 g/mol. The van der Waals surface area contributed by atoms with Gasteiger partial charge < -0.3 is 4.74 Å². The van der Waals surface area contributed by atoms with E-state index in [0.29, 0.717) is 13.2 Å². The number of fused-ring (bicyclic) bond motifs is 1. The minimum absolute atomic E-state index is 0.0992. The van der Waals surface area contributed by atoms with E-state index in [2.05, 4.69) is 26.0 Å². The first kappa shape index (κ1) is 15.5. The zero-order chi connectivity index (χ0) is 16.4. The molecule has 124 valence electrons. The highest BCUT2D eigenvalue weighted by atomic mass is 35.5. The van der Waals surface area contributed by atoms with Crippen molar-refractivity contribution in [3.05, 3.63) is 53.7 Å². The van der Waals surface area contributed by atoms with Crippen molar-refractivity contribution in [3.8, 4) is 0 Å². The van der Waals surface area contributed by atoms with E-state index in [0.717, 1.165) is 41.1 Å².